The first-order chi connectivity index (χ1) is 9.02. The lowest BCUT2D eigenvalue weighted by Gasteiger charge is -2.05. The van der Waals surface area contributed by atoms with Crippen molar-refractivity contribution in [3.63, 3.8) is 0 Å². The molecule has 1 aromatic heterocycles. The van der Waals surface area contributed by atoms with Gasteiger partial charge in [-0.1, -0.05) is 5.21 Å². The standard InChI is InChI=1S/C10H17N5O4/c1-7(16)8-5-15(14-13-8)6-9(17)12-10(18)11-3-4-19-2/h5,7,16H,3-4,6H2,1-2H3,(H2,11,12,17,18). The van der Waals surface area contributed by atoms with E-state index in [0.717, 1.165) is 0 Å². The van der Waals surface area contributed by atoms with Crippen LogP contribution in [-0.4, -0.2) is 52.3 Å². The van der Waals surface area contributed by atoms with Crippen LogP contribution in [0.5, 0.6) is 0 Å². The van der Waals surface area contributed by atoms with Crippen LogP contribution in [0.15, 0.2) is 6.20 Å². The number of aliphatic hydroxyl groups is 1. The molecule has 1 atom stereocenters. The molecule has 1 unspecified atom stereocenters. The Hall–Kier alpha value is -2.00. The van der Waals surface area contributed by atoms with Gasteiger partial charge in [0.05, 0.1) is 18.9 Å². The summed E-state index contributed by atoms with van der Waals surface area (Å²) in [6, 6.07) is -0.599. The smallest absolute Gasteiger partial charge is 0.321 e. The molecule has 1 heterocycles. The van der Waals surface area contributed by atoms with E-state index in [2.05, 4.69) is 20.9 Å². The van der Waals surface area contributed by atoms with E-state index in [9.17, 15) is 14.7 Å². The van der Waals surface area contributed by atoms with Crippen molar-refractivity contribution in [2.24, 2.45) is 0 Å². The fourth-order valence-corrected chi connectivity index (χ4v) is 1.21. The monoisotopic (exact) mass is 271 g/mol. The quantitative estimate of drug-likeness (QED) is 0.559. The molecule has 0 aliphatic rings. The number of aromatic nitrogens is 3. The Labute approximate surface area is 109 Å². The second-order valence-electron chi connectivity index (χ2n) is 3.81. The lowest BCUT2D eigenvalue weighted by Crippen LogP contribution is -2.42. The number of rotatable bonds is 6. The van der Waals surface area contributed by atoms with Crippen LogP contribution in [0.4, 0.5) is 4.79 Å². The minimum Gasteiger partial charge on any atom is -0.387 e. The van der Waals surface area contributed by atoms with Crippen molar-refractivity contribution in [1.29, 1.82) is 0 Å². The van der Waals surface area contributed by atoms with Gasteiger partial charge < -0.3 is 15.2 Å². The third-order valence-electron chi connectivity index (χ3n) is 2.13. The van der Waals surface area contributed by atoms with E-state index in [4.69, 9.17) is 4.74 Å². The zero-order valence-corrected chi connectivity index (χ0v) is 10.8. The number of nitrogens with zero attached hydrogens (tertiary/aromatic N) is 3. The molecule has 0 saturated carbocycles. The highest BCUT2D eigenvalue weighted by atomic mass is 16.5. The predicted octanol–water partition coefficient (Wildman–Crippen LogP) is -1.20. The predicted molar refractivity (Wildman–Crippen MR) is 64.1 cm³/mol. The van der Waals surface area contributed by atoms with Gasteiger partial charge in [-0.15, -0.1) is 5.10 Å². The highest BCUT2D eigenvalue weighted by Crippen LogP contribution is 2.05. The molecule has 106 valence electrons. The maximum atomic E-state index is 11.5. The molecule has 0 spiro atoms. The number of hydrogen-bond acceptors (Lipinski definition) is 6. The van der Waals surface area contributed by atoms with Gasteiger partial charge in [-0.25, -0.2) is 9.48 Å². The summed E-state index contributed by atoms with van der Waals surface area (Å²) in [5.41, 5.74) is 0.359. The molecule has 0 radical (unpaired) electrons. The summed E-state index contributed by atoms with van der Waals surface area (Å²) in [6.45, 7) is 2.06. The molecule has 1 rings (SSSR count). The molecular weight excluding hydrogens is 254 g/mol. The van der Waals surface area contributed by atoms with Gasteiger partial charge in [-0.2, -0.15) is 0 Å². The Bertz CT molecular complexity index is 431. The summed E-state index contributed by atoms with van der Waals surface area (Å²) in [4.78, 5) is 22.7. The van der Waals surface area contributed by atoms with E-state index in [1.54, 1.807) is 0 Å². The van der Waals surface area contributed by atoms with Gasteiger partial charge in [-0.05, 0) is 6.92 Å². The minimum atomic E-state index is -0.755. The average Bonchev–Trinajstić information content (AvgIpc) is 2.77. The Balaban J connectivity index is 2.35. The highest BCUT2D eigenvalue weighted by molar-refractivity contribution is 5.94. The largest absolute Gasteiger partial charge is 0.387 e. The highest BCUT2D eigenvalue weighted by Gasteiger charge is 2.11. The number of methoxy groups -OCH3 is 1. The lowest BCUT2D eigenvalue weighted by atomic mass is 10.3. The molecule has 9 heteroatoms. The lowest BCUT2D eigenvalue weighted by molar-refractivity contribution is -0.120. The molecule has 0 saturated heterocycles. The fourth-order valence-electron chi connectivity index (χ4n) is 1.21. The van der Waals surface area contributed by atoms with E-state index >= 15 is 0 Å². The number of amides is 3. The first-order valence-corrected chi connectivity index (χ1v) is 5.67. The molecule has 9 nitrogen and oxygen atoms in total. The van der Waals surface area contributed by atoms with Crippen molar-refractivity contribution >= 4 is 11.9 Å². The SMILES string of the molecule is COCCNC(=O)NC(=O)Cn1cc(C(C)O)nn1. The van der Waals surface area contributed by atoms with Crippen molar-refractivity contribution in [2.75, 3.05) is 20.3 Å². The number of aliphatic hydroxyl groups excluding tert-OH is 1. The molecule has 19 heavy (non-hydrogen) atoms. The van der Waals surface area contributed by atoms with Crippen LogP contribution >= 0.6 is 0 Å². The van der Waals surface area contributed by atoms with Gasteiger partial charge in [-0.3, -0.25) is 10.1 Å². The summed E-state index contributed by atoms with van der Waals surface area (Å²) in [7, 11) is 1.51. The van der Waals surface area contributed by atoms with Crippen LogP contribution in [0, 0.1) is 0 Å². The molecular formula is C10H17N5O4. The molecule has 0 aromatic carbocycles. The normalized spacial score (nSPS) is 11.9. The molecule has 0 fully saturated rings. The number of carbonyl (C=O) groups is 2. The number of ether oxygens (including phenoxy) is 1. The van der Waals surface area contributed by atoms with E-state index < -0.39 is 18.0 Å². The van der Waals surface area contributed by atoms with Crippen LogP contribution in [0.2, 0.25) is 0 Å². The van der Waals surface area contributed by atoms with Gasteiger partial charge in [0.15, 0.2) is 0 Å². The second kappa shape index (κ2) is 7.44. The van der Waals surface area contributed by atoms with E-state index in [-0.39, 0.29) is 6.54 Å². The Morgan fingerprint density at radius 3 is 2.89 bits per heavy atom. The summed E-state index contributed by atoms with van der Waals surface area (Å²) in [6.07, 6.45) is 0.682. The molecule has 3 N–H and O–H groups in total. The van der Waals surface area contributed by atoms with Gasteiger partial charge in [0.25, 0.3) is 0 Å². The minimum absolute atomic E-state index is 0.155. The number of hydrogen-bond donors (Lipinski definition) is 3. The van der Waals surface area contributed by atoms with Gasteiger partial charge >= 0.3 is 6.03 Å². The molecule has 0 aliphatic carbocycles. The van der Waals surface area contributed by atoms with Crippen molar-refractivity contribution in [3.8, 4) is 0 Å². The number of imide groups is 1. The van der Waals surface area contributed by atoms with Gasteiger partial charge in [0.2, 0.25) is 5.91 Å². The van der Waals surface area contributed by atoms with Crippen LogP contribution in [0.3, 0.4) is 0 Å². The van der Waals surface area contributed by atoms with Crippen molar-refractivity contribution in [2.45, 2.75) is 19.6 Å². The van der Waals surface area contributed by atoms with Gasteiger partial charge in [0, 0.05) is 13.7 Å². The zero-order valence-electron chi connectivity index (χ0n) is 10.8. The fraction of sp³-hybridized carbons (Fsp3) is 0.600. The molecule has 1 aromatic rings. The van der Waals surface area contributed by atoms with Crippen molar-refractivity contribution < 1.29 is 19.4 Å². The molecule has 0 bridgehead atoms. The van der Waals surface area contributed by atoms with E-state index in [1.165, 1.54) is 24.9 Å². The van der Waals surface area contributed by atoms with Crippen molar-refractivity contribution in [1.82, 2.24) is 25.6 Å². The van der Waals surface area contributed by atoms with E-state index in [1.807, 2.05) is 0 Å². The molecule has 0 aliphatic heterocycles. The maximum Gasteiger partial charge on any atom is 0.321 e. The Morgan fingerprint density at radius 1 is 1.58 bits per heavy atom. The summed E-state index contributed by atoms with van der Waals surface area (Å²) < 4.78 is 5.98. The van der Waals surface area contributed by atoms with Crippen LogP contribution in [0.25, 0.3) is 0 Å². The van der Waals surface area contributed by atoms with E-state index in [0.29, 0.717) is 18.8 Å². The second-order valence-corrected chi connectivity index (χ2v) is 3.81. The number of urea groups is 1. The van der Waals surface area contributed by atoms with Crippen LogP contribution in [-0.2, 0) is 16.1 Å². The van der Waals surface area contributed by atoms with Crippen molar-refractivity contribution in [3.05, 3.63) is 11.9 Å². The number of carbonyl (C=O) groups excluding carboxylic acids is 2. The summed E-state index contributed by atoms with van der Waals surface area (Å²) in [5, 5.41) is 21.1. The first kappa shape index (κ1) is 15.1. The Morgan fingerprint density at radius 2 is 2.32 bits per heavy atom. The topological polar surface area (TPSA) is 118 Å². The number of nitrogens with one attached hydrogen (secondary N) is 2. The third-order valence-corrected chi connectivity index (χ3v) is 2.13. The first-order valence-electron chi connectivity index (χ1n) is 5.67. The van der Waals surface area contributed by atoms with Crippen LogP contribution in [0.1, 0.15) is 18.7 Å². The third kappa shape index (κ3) is 5.44. The van der Waals surface area contributed by atoms with Gasteiger partial charge in [0.1, 0.15) is 12.2 Å². The van der Waals surface area contributed by atoms with Crippen LogP contribution < -0.4 is 10.6 Å². The summed E-state index contributed by atoms with van der Waals surface area (Å²) >= 11 is 0. The molecule has 3 amide bonds. The zero-order chi connectivity index (χ0) is 14.3. The maximum absolute atomic E-state index is 11.5. The average molecular weight is 271 g/mol. The Kier molecular flexibility index (Phi) is 5.90. The summed E-state index contributed by atoms with van der Waals surface area (Å²) in [5.74, 6) is -0.531.